The normalized spacial score (nSPS) is 31.5. The minimum Gasteiger partial charge on any atom is -0.456 e. The molecular formula is C43H60ClNO17. The first kappa shape index (κ1) is 53.6. The first-order valence-corrected chi connectivity index (χ1v) is 19.3. The number of Topliss-reactive ketones (excluding diaryl/α,β-unsaturated/α-hetero) is 1. The number of hydrogen-bond acceptors (Lipinski definition) is 14. The number of ketones is 1. The first-order valence-electron chi connectivity index (χ1n) is 19.3. The lowest BCUT2D eigenvalue weighted by Crippen LogP contribution is -2.81. The monoisotopic (exact) mass is 897 g/mol. The van der Waals surface area contributed by atoms with Crippen LogP contribution < -0.4 is 5.32 Å². The van der Waals surface area contributed by atoms with Crippen LogP contribution in [0.5, 0.6) is 0 Å². The van der Waals surface area contributed by atoms with Crippen LogP contribution in [-0.4, -0.2) is 127 Å². The summed E-state index contributed by atoms with van der Waals surface area (Å²) in [4.78, 5) is 68.9. The van der Waals surface area contributed by atoms with Crippen LogP contribution in [0.2, 0.25) is 0 Å². The Labute approximate surface area is 365 Å². The van der Waals surface area contributed by atoms with Crippen LogP contribution in [0.15, 0.2) is 71.8 Å². The summed E-state index contributed by atoms with van der Waals surface area (Å²) in [6.45, 7) is 11.8. The third-order valence-electron chi connectivity index (χ3n) is 12.6. The molecule has 3 aliphatic carbocycles. The quantitative estimate of drug-likeness (QED) is 0.141. The average Bonchev–Trinajstić information content (AvgIpc) is 3.14. The lowest BCUT2D eigenvalue weighted by Gasteiger charge is -2.67. The fraction of sp³-hybridized carbons (Fsp3) is 0.558. The minimum atomic E-state index is -2.35. The Morgan fingerprint density at radius 1 is 0.919 bits per heavy atom. The van der Waals surface area contributed by atoms with Crippen molar-refractivity contribution in [1.29, 1.82) is 0 Å². The molecular weight excluding hydrogens is 838 g/mol. The Hall–Kier alpha value is -4.50. The van der Waals surface area contributed by atoms with Crippen LogP contribution >= 0.6 is 12.4 Å². The van der Waals surface area contributed by atoms with Crippen molar-refractivity contribution in [2.45, 2.75) is 128 Å². The van der Waals surface area contributed by atoms with E-state index in [2.05, 4.69) is 5.32 Å². The Morgan fingerprint density at radius 2 is 1.48 bits per heavy atom. The number of fused-ring (bicyclic) bond motifs is 5. The average molecular weight is 898 g/mol. The molecule has 11 N–H and O–H groups in total. The molecule has 3 fully saturated rings. The number of esters is 3. The predicted octanol–water partition coefficient (Wildman–Crippen LogP) is 1.21. The van der Waals surface area contributed by atoms with Gasteiger partial charge in [0.1, 0.15) is 35.6 Å². The second kappa shape index (κ2) is 19.1. The summed E-state index contributed by atoms with van der Waals surface area (Å²) in [5.41, 5.74) is -8.14. The Morgan fingerprint density at radius 3 is 2.00 bits per heavy atom. The summed E-state index contributed by atoms with van der Waals surface area (Å²) in [5.74, 6) is -5.36. The number of amides is 1. The third-order valence-corrected chi connectivity index (χ3v) is 12.6. The summed E-state index contributed by atoms with van der Waals surface area (Å²) < 4.78 is 29.5. The predicted molar refractivity (Wildman–Crippen MR) is 222 cm³/mol. The number of halogens is 1. The molecule has 1 heterocycles. The zero-order valence-electron chi connectivity index (χ0n) is 35.8. The summed E-state index contributed by atoms with van der Waals surface area (Å²) in [5, 5.41) is 51.6. The van der Waals surface area contributed by atoms with Gasteiger partial charge in [-0.1, -0.05) is 62.4 Å². The highest BCUT2D eigenvalue weighted by atomic mass is 35.5. The highest BCUT2D eigenvalue weighted by Gasteiger charge is 2.78. The molecule has 11 atom stereocenters. The van der Waals surface area contributed by atoms with Gasteiger partial charge in [0.2, 0.25) is 0 Å². The molecule has 18 nitrogen and oxygen atoms in total. The van der Waals surface area contributed by atoms with E-state index in [4.69, 9.17) is 23.7 Å². The molecule has 1 aliphatic heterocycles. The van der Waals surface area contributed by atoms with Crippen LogP contribution in [0, 0.1) is 16.7 Å². The summed E-state index contributed by atoms with van der Waals surface area (Å²) in [6.07, 6.45) is -11.5. The lowest BCUT2D eigenvalue weighted by atomic mass is 9.44. The van der Waals surface area contributed by atoms with Gasteiger partial charge >= 0.3 is 24.0 Å². The zero-order chi connectivity index (χ0) is 42.7. The van der Waals surface area contributed by atoms with Gasteiger partial charge in [-0.25, -0.2) is 14.4 Å². The van der Waals surface area contributed by atoms with Gasteiger partial charge < -0.3 is 65.9 Å². The second-order valence-electron chi connectivity index (χ2n) is 17.6. The van der Waals surface area contributed by atoms with Gasteiger partial charge in [0.15, 0.2) is 17.5 Å². The van der Waals surface area contributed by atoms with Gasteiger partial charge in [-0.3, -0.25) is 9.59 Å². The number of aliphatic hydroxyl groups excluding tert-OH is 3. The van der Waals surface area contributed by atoms with E-state index in [1.807, 2.05) is 0 Å². The van der Waals surface area contributed by atoms with Crippen LogP contribution in [0.1, 0.15) is 90.2 Å². The summed E-state index contributed by atoms with van der Waals surface area (Å²) >= 11 is 0. The fourth-order valence-electron chi connectivity index (χ4n) is 9.56. The van der Waals surface area contributed by atoms with Crippen molar-refractivity contribution >= 4 is 42.2 Å². The second-order valence-corrected chi connectivity index (χ2v) is 17.6. The maximum Gasteiger partial charge on any atom is 0.408 e. The number of ether oxygens (including phenoxy) is 5. The van der Waals surface area contributed by atoms with Crippen molar-refractivity contribution in [2.75, 3.05) is 6.61 Å². The van der Waals surface area contributed by atoms with Crippen LogP contribution in [0.3, 0.4) is 0 Å². The topological polar surface area (TPSA) is 319 Å². The van der Waals surface area contributed by atoms with Gasteiger partial charge in [0.05, 0.1) is 35.6 Å². The fourth-order valence-corrected chi connectivity index (χ4v) is 9.56. The van der Waals surface area contributed by atoms with Crippen LogP contribution in [-0.2, 0) is 38.1 Å². The molecule has 0 unspecified atom stereocenters. The molecule has 1 amide bonds. The third kappa shape index (κ3) is 8.98. The molecule has 62 heavy (non-hydrogen) atoms. The van der Waals surface area contributed by atoms with Crippen molar-refractivity contribution in [1.82, 2.24) is 5.32 Å². The van der Waals surface area contributed by atoms with Crippen molar-refractivity contribution in [2.24, 2.45) is 16.7 Å². The number of rotatable bonds is 8. The zero-order valence-corrected chi connectivity index (χ0v) is 36.6. The van der Waals surface area contributed by atoms with Crippen LogP contribution in [0.25, 0.3) is 0 Å². The van der Waals surface area contributed by atoms with Gasteiger partial charge in [-0.2, -0.15) is 0 Å². The van der Waals surface area contributed by atoms with Crippen molar-refractivity contribution in [3.8, 4) is 0 Å². The first-order chi connectivity index (χ1) is 27.0. The lowest BCUT2D eigenvalue weighted by molar-refractivity contribution is -0.346. The number of carbonyl (C=O) groups excluding carboxylic acids is 5. The van der Waals surface area contributed by atoms with E-state index in [9.17, 15) is 44.4 Å². The number of carbonyl (C=O) groups is 5. The molecule has 2 bridgehead atoms. The van der Waals surface area contributed by atoms with E-state index in [-0.39, 0.29) is 58.6 Å². The van der Waals surface area contributed by atoms with Gasteiger partial charge in [-0.15, -0.1) is 12.4 Å². The maximum atomic E-state index is 14.9. The number of benzene rings is 2. The molecule has 4 aliphatic rings. The molecule has 1 saturated heterocycles. The number of aliphatic hydroxyl groups is 4. The molecule has 2 aromatic rings. The Bertz CT molecular complexity index is 1990. The Kier molecular flexibility index (Phi) is 16.5. The summed E-state index contributed by atoms with van der Waals surface area (Å²) in [6, 6.07) is 14.6. The Balaban J connectivity index is 0.00000331. The molecule has 0 radical (unpaired) electrons. The largest absolute Gasteiger partial charge is 0.456 e. The van der Waals surface area contributed by atoms with E-state index in [1.54, 1.807) is 83.1 Å². The van der Waals surface area contributed by atoms with E-state index in [1.165, 1.54) is 26.0 Å². The molecule has 2 saturated carbocycles. The van der Waals surface area contributed by atoms with Crippen LogP contribution in [0.4, 0.5) is 4.79 Å². The molecule has 0 spiro atoms. The molecule has 2 aromatic carbocycles. The minimum absolute atomic E-state index is 0. The number of alkyl carbamates (subject to hydrolysis) is 1. The van der Waals surface area contributed by atoms with E-state index < -0.39 is 112 Å². The highest BCUT2D eigenvalue weighted by Crippen LogP contribution is 2.64. The highest BCUT2D eigenvalue weighted by molar-refractivity contribution is 5.94. The molecule has 19 heteroatoms. The standard InChI is InChI=1S/C43H53NO14.ClH.3H2O/c1-22-26(55-37(51)32(48)30(24-15-11-9-12-16-24)44-38(52)58-39(3,4)5)20-43(53)35(56-36(50)25-17-13-10-14-18-25)33-41(8,34(49)31(47)29(22)40(43,6)7)27(46)19-28-42(33,21-54-28)57-23(2)45;;;;/h9-18,26-28,30-33,35,46-48,53H,19-21H2,1-8H3,(H,44,52);1H;3*1H2/t26-,27-,28+,30-,31+,32+,33-,35-,41+,42-,43+;;;;/m0..../s1. The van der Waals surface area contributed by atoms with Crippen molar-refractivity contribution in [3.05, 3.63) is 82.9 Å². The van der Waals surface area contributed by atoms with Crippen molar-refractivity contribution < 1.29 is 84.5 Å². The smallest absolute Gasteiger partial charge is 0.408 e. The molecule has 346 valence electrons. The van der Waals surface area contributed by atoms with Gasteiger partial charge in [0.25, 0.3) is 0 Å². The molecule has 0 aromatic heterocycles. The maximum absolute atomic E-state index is 14.9. The van der Waals surface area contributed by atoms with Gasteiger partial charge in [0, 0.05) is 25.2 Å². The van der Waals surface area contributed by atoms with E-state index >= 15 is 0 Å². The number of hydrogen-bond donors (Lipinski definition) is 5. The van der Waals surface area contributed by atoms with Crippen molar-refractivity contribution in [3.63, 3.8) is 0 Å². The van der Waals surface area contributed by atoms with E-state index in [0.29, 0.717) is 5.56 Å². The summed E-state index contributed by atoms with van der Waals surface area (Å²) in [7, 11) is 0. The molecule has 6 rings (SSSR count). The van der Waals surface area contributed by atoms with Gasteiger partial charge in [-0.05, 0) is 63.5 Å². The number of nitrogens with one attached hydrogen (secondary N) is 1. The van der Waals surface area contributed by atoms with E-state index in [0.717, 1.165) is 6.92 Å². The SMILES string of the molecule is CC(=O)O[C@@]12CO[C@@H]1C[C@H](O)[C@@]1(C)C(=O)[C@H](O)C3=C(C)[C@@H](OC(=O)[C@H](O)[C@@H](NC(=O)OC(C)(C)C)c4ccccc4)C[C@@](O)([C@@H](OC(=O)c4ccccc4)[C@H]21)C3(C)C.Cl.O.O.O.